The van der Waals surface area contributed by atoms with Crippen LogP contribution in [0.4, 0.5) is 0 Å². The van der Waals surface area contributed by atoms with E-state index in [2.05, 4.69) is 22.9 Å². The second-order valence-electron chi connectivity index (χ2n) is 2.93. The third-order valence-corrected chi connectivity index (χ3v) is 3.50. The molecule has 0 saturated carbocycles. The van der Waals surface area contributed by atoms with Gasteiger partial charge < -0.3 is 4.74 Å². The van der Waals surface area contributed by atoms with Crippen molar-refractivity contribution < 1.29 is 4.74 Å². The lowest BCUT2D eigenvalue weighted by Crippen LogP contribution is -2.02. The van der Waals surface area contributed by atoms with Crippen molar-refractivity contribution in [2.24, 2.45) is 0 Å². The maximum atomic E-state index is 5.84. The van der Waals surface area contributed by atoms with Crippen LogP contribution in [0, 0.1) is 0 Å². The van der Waals surface area contributed by atoms with Crippen LogP contribution in [0.15, 0.2) is 22.7 Å². The van der Waals surface area contributed by atoms with Gasteiger partial charge in [-0.05, 0) is 24.0 Å². The van der Waals surface area contributed by atoms with Gasteiger partial charge in [0.1, 0.15) is 5.75 Å². The van der Waals surface area contributed by atoms with E-state index in [1.54, 1.807) is 0 Å². The molecule has 0 fully saturated rings. The van der Waals surface area contributed by atoms with Crippen molar-refractivity contribution in [1.82, 2.24) is 0 Å². The molecule has 1 rings (SSSR count). The summed E-state index contributed by atoms with van der Waals surface area (Å²) in [5.74, 6) is 3.53. The average Bonchev–Trinajstić information content (AvgIpc) is 2.26. The van der Waals surface area contributed by atoms with Crippen LogP contribution in [0.1, 0.15) is 12.5 Å². The van der Waals surface area contributed by atoms with Crippen LogP contribution in [0.2, 0.25) is 0 Å². The first-order valence-corrected chi connectivity index (χ1v) is 7.31. The number of halogens is 2. The number of hydrogen-bond donors (Lipinski definition) is 0. The highest BCUT2D eigenvalue weighted by Gasteiger charge is 2.03. The van der Waals surface area contributed by atoms with Crippen molar-refractivity contribution in [3.05, 3.63) is 28.2 Å². The number of hydrogen-bond acceptors (Lipinski definition) is 2. The molecule has 0 unspecified atom stereocenters. The molecule has 15 heavy (non-hydrogen) atoms. The van der Waals surface area contributed by atoms with Crippen LogP contribution in [0.3, 0.4) is 0 Å². The topological polar surface area (TPSA) is 9.23 Å². The minimum atomic E-state index is 0.482. The van der Waals surface area contributed by atoms with E-state index in [4.69, 9.17) is 16.3 Å². The fourth-order valence-electron chi connectivity index (χ4n) is 1.15. The summed E-state index contributed by atoms with van der Waals surface area (Å²) in [7, 11) is 0. The number of ether oxygens (including phenoxy) is 1. The molecule has 0 atom stereocenters. The monoisotopic (exact) mass is 308 g/mol. The van der Waals surface area contributed by atoms with E-state index in [1.165, 1.54) is 0 Å². The van der Waals surface area contributed by atoms with Gasteiger partial charge in [-0.2, -0.15) is 11.8 Å². The fraction of sp³-hybridized carbons (Fsp3) is 0.455. The van der Waals surface area contributed by atoms with E-state index in [-0.39, 0.29) is 0 Å². The summed E-state index contributed by atoms with van der Waals surface area (Å²) in [4.78, 5) is 0. The number of benzene rings is 1. The summed E-state index contributed by atoms with van der Waals surface area (Å²) in [6.07, 6.45) is 0. The molecule has 0 radical (unpaired) electrons. The number of alkyl halides is 1. The highest BCUT2D eigenvalue weighted by atomic mass is 79.9. The van der Waals surface area contributed by atoms with Crippen LogP contribution >= 0.6 is 39.3 Å². The first-order valence-electron chi connectivity index (χ1n) is 4.83. The van der Waals surface area contributed by atoms with E-state index >= 15 is 0 Å². The molecule has 0 spiro atoms. The van der Waals surface area contributed by atoms with Crippen LogP contribution in [0.5, 0.6) is 5.75 Å². The van der Waals surface area contributed by atoms with E-state index in [1.807, 2.05) is 30.0 Å². The number of thioether (sulfide) groups is 1. The second kappa shape index (κ2) is 7.42. The predicted molar refractivity (Wildman–Crippen MR) is 72.2 cm³/mol. The van der Waals surface area contributed by atoms with Gasteiger partial charge in [-0.1, -0.05) is 22.9 Å². The first-order chi connectivity index (χ1) is 7.27. The normalized spacial score (nSPS) is 10.3. The van der Waals surface area contributed by atoms with Gasteiger partial charge >= 0.3 is 0 Å². The number of rotatable bonds is 6. The van der Waals surface area contributed by atoms with Crippen LogP contribution in [-0.4, -0.2) is 18.1 Å². The van der Waals surface area contributed by atoms with Crippen molar-refractivity contribution in [2.45, 2.75) is 12.8 Å². The molecule has 1 nitrogen and oxygen atoms in total. The molecule has 0 aliphatic rings. The molecule has 1 aromatic rings. The van der Waals surface area contributed by atoms with Gasteiger partial charge in [-0.15, -0.1) is 11.6 Å². The molecule has 0 aromatic heterocycles. The highest BCUT2D eigenvalue weighted by molar-refractivity contribution is 9.10. The Morgan fingerprint density at radius 1 is 1.47 bits per heavy atom. The smallest absolute Gasteiger partial charge is 0.123 e. The lowest BCUT2D eigenvalue weighted by atomic mass is 10.2. The Morgan fingerprint density at radius 2 is 2.27 bits per heavy atom. The largest absolute Gasteiger partial charge is 0.492 e. The van der Waals surface area contributed by atoms with Gasteiger partial charge in [-0.3, -0.25) is 0 Å². The van der Waals surface area contributed by atoms with Gasteiger partial charge in [0.15, 0.2) is 0 Å². The average molecular weight is 310 g/mol. The van der Waals surface area contributed by atoms with Gasteiger partial charge in [0.2, 0.25) is 0 Å². The van der Waals surface area contributed by atoms with Gasteiger partial charge in [0.05, 0.1) is 12.5 Å². The van der Waals surface area contributed by atoms with Crippen LogP contribution < -0.4 is 4.74 Å². The zero-order valence-electron chi connectivity index (χ0n) is 8.63. The minimum absolute atomic E-state index is 0.482. The molecule has 84 valence electrons. The van der Waals surface area contributed by atoms with Crippen molar-refractivity contribution in [3.8, 4) is 5.75 Å². The maximum Gasteiger partial charge on any atom is 0.123 e. The van der Waals surface area contributed by atoms with E-state index in [0.29, 0.717) is 5.88 Å². The molecule has 0 aliphatic heterocycles. The summed E-state index contributed by atoms with van der Waals surface area (Å²) in [5, 5.41) is 0. The summed E-state index contributed by atoms with van der Waals surface area (Å²) >= 11 is 11.1. The summed E-state index contributed by atoms with van der Waals surface area (Å²) in [5.41, 5.74) is 1.03. The van der Waals surface area contributed by atoms with Crippen molar-refractivity contribution >= 4 is 39.3 Å². The Bertz CT molecular complexity index is 307. The van der Waals surface area contributed by atoms with Crippen molar-refractivity contribution in [3.63, 3.8) is 0 Å². The molecule has 1 aromatic carbocycles. The predicted octanol–water partition coefficient (Wildman–Crippen LogP) is 4.32. The van der Waals surface area contributed by atoms with Crippen molar-refractivity contribution in [2.75, 3.05) is 18.1 Å². The Hall–Kier alpha value is 0.140. The quantitative estimate of drug-likeness (QED) is 0.572. The molecular weight excluding hydrogens is 296 g/mol. The van der Waals surface area contributed by atoms with Gasteiger partial charge in [0.25, 0.3) is 0 Å². The van der Waals surface area contributed by atoms with Crippen LogP contribution in [0.25, 0.3) is 0 Å². The third-order valence-electron chi connectivity index (χ3n) is 1.86. The zero-order chi connectivity index (χ0) is 11.1. The SMILES string of the molecule is CCSCCOc1ccc(Br)cc1CCl. The molecule has 0 N–H and O–H groups in total. The molecular formula is C11H14BrClOS. The summed E-state index contributed by atoms with van der Waals surface area (Å²) in [6, 6.07) is 5.92. The Morgan fingerprint density at radius 3 is 2.93 bits per heavy atom. The molecule has 0 saturated heterocycles. The second-order valence-corrected chi connectivity index (χ2v) is 5.51. The van der Waals surface area contributed by atoms with Gasteiger partial charge in [-0.25, -0.2) is 0 Å². The lowest BCUT2D eigenvalue weighted by Gasteiger charge is -2.09. The lowest BCUT2D eigenvalue weighted by molar-refractivity contribution is 0.341. The summed E-state index contributed by atoms with van der Waals surface area (Å²) < 4.78 is 6.69. The first kappa shape index (κ1) is 13.2. The van der Waals surface area contributed by atoms with Gasteiger partial charge in [0, 0.05) is 15.8 Å². The fourth-order valence-corrected chi connectivity index (χ4v) is 2.26. The maximum absolute atomic E-state index is 5.84. The molecule has 0 amide bonds. The Kier molecular flexibility index (Phi) is 6.53. The molecule has 4 heteroatoms. The Labute approximate surface area is 109 Å². The molecule has 0 aliphatic carbocycles. The van der Waals surface area contributed by atoms with Crippen LogP contribution in [-0.2, 0) is 5.88 Å². The van der Waals surface area contributed by atoms with Crippen molar-refractivity contribution in [1.29, 1.82) is 0 Å². The minimum Gasteiger partial charge on any atom is -0.492 e. The summed E-state index contributed by atoms with van der Waals surface area (Å²) in [6.45, 7) is 2.89. The van der Waals surface area contributed by atoms with E-state index in [0.717, 1.165) is 33.9 Å². The van der Waals surface area contributed by atoms with E-state index in [9.17, 15) is 0 Å². The third kappa shape index (κ3) is 4.66. The Balaban J connectivity index is 2.52. The highest BCUT2D eigenvalue weighted by Crippen LogP contribution is 2.24. The van der Waals surface area contributed by atoms with E-state index < -0.39 is 0 Å². The molecule has 0 heterocycles. The zero-order valence-corrected chi connectivity index (χ0v) is 11.8. The standard InChI is InChI=1S/C11H14BrClOS/c1-2-15-6-5-14-11-4-3-10(12)7-9(11)8-13/h3-4,7H,2,5-6,8H2,1H3. The molecule has 0 bridgehead atoms.